The molecule has 5 nitrogen and oxygen atoms in total. The number of furan rings is 1. The van der Waals surface area contributed by atoms with Crippen molar-refractivity contribution in [2.75, 3.05) is 26.7 Å². The number of carbonyl (C=O) groups is 1. The second kappa shape index (κ2) is 6.20. The summed E-state index contributed by atoms with van der Waals surface area (Å²) in [5.74, 6) is 1.82. The molecule has 1 saturated carbocycles. The Balaban J connectivity index is 1.44. The van der Waals surface area contributed by atoms with Gasteiger partial charge < -0.3 is 19.4 Å². The van der Waals surface area contributed by atoms with Crippen molar-refractivity contribution >= 4 is 5.97 Å². The molecule has 5 heteroatoms. The molecule has 0 amide bonds. The van der Waals surface area contributed by atoms with Crippen molar-refractivity contribution < 1.29 is 13.9 Å². The van der Waals surface area contributed by atoms with Crippen molar-refractivity contribution in [3.8, 4) is 0 Å². The number of rotatable bonds is 6. The molecule has 1 unspecified atom stereocenters. The highest BCUT2D eigenvalue weighted by molar-refractivity contribution is 5.90. The van der Waals surface area contributed by atoms with E-state index in [0.29, 0.717) is 17.9 Å². The standard InChI is InChI=1S/C16H24N2O3/c1-11-15(16(19)20-2)7-14(21-11)9-17-8-12-5-6-18(10-12)13-3-4-13/h7,12-13,17H,3-6,8-10H2,1-2H3. The van der Waals surface area contributed by atoms with Gasteiger partial charge in [-0.15, -0.1) is 0 Å². The molecule has 2 heterocycles. The third kappa shape index (κ3) is 3.47. The minimum atomic E-state index is -0.335. The van der Waals surface area contributed by atoms with Crippen molar-refractivity contribution in [2.24, 2.45) is 5.92 Å². The summed E-state index contributed by atoms with van der Waals surface area (Å²) in [6.45, 7) is 5.94. The van der Waals surface area contributed by atoms with E-state index in [2.05, 4.69) is 10.2 Å². The van der Waals surface area contributed by atoms with Crippen LogP contribution in [0, 0.1) is 12.8 Å². The molecule has 0 radical (unpaired) electrons. The predicted molar refractivity (Wildman–Crippen MR) is 79.2 cm³/mol. The van der Waals surface area contributed by atoms with Gasteiger partial charge in [0.1, 0.15) is 17.1 Å². The van der Waals surface area contributed by atoms with Crippen molar-refractivity contribution in [1.82, 2.24) is 10.2 Å². The monoisotopic (exact) mass is 292 g/mol. The maximum atomic E-state index is 11.5. The van der Waals surface area contributed by atoms with Gasteiger partial charge in [-0.05, 0) is 51.3 Å². The summed E-state index contributed by atoms with van der Waals surface area (Å²) >= 11 is 0. The Morgan fingerprint density at radius 2 is 2.29 bits per heavy atom. The number of ether oxygens (including phenoxy) is 1. The lowest BCUT2D eigenvalue weighted by Crippen LogP contribution is -2.27. The second-order valence-electron chi connectivity index (χ2n) is 6.19. The first-order chi connectivity index (χ1) is 10.2. The lowest BCUT2D eigenvalue weighted by molar-refractivity contribution is 0.0599. The summed E-state index contributed by atoms with van der Waals surface area (Å²) in [5.41, 5.74) is 0.523. The third-order valence-electron chi connectivity index (χ3n) is 4.49. The Kier molecular flexibility index (Phi) is 4.31. The fourth-order valence-electron chi connectivity index (χ4n) is 3.14. The normalized spacial score (nSPS) is 22.7. The van der Waals surface area contributed by atoms with Gasteiger partial charge in [0, 0.05) is 12.6 Å². The number of likely N-dealkylation sites (tertiary alicyclic amines) is 1. The Labute approximate surface area is 125 Å². The number of hydrogen-bond acceptors (Lipinski definition) is 5. The topological polar surface area (TPSA) is 54.7 Å². The SMILES string of the molecule is COC(=O)c1cc(CNCC2CCN(C3CC3)C2)oc1C. The summed E-state index contributed by atoms with van der Waals surface area (Å²) in [6.07, 6.45) is 4.07. The highest BCUT2D eigenvalue weighted by atomic mass is 16.5. The molecule has 1 aliphatic carbocycles. The Morgan fingerprint density at radius 1 is 1.48 bits per heavy atom. The Bertz CT molecular complexity index is 508. The molecule has 1 aromatic heterocycles. The zero-order valence-corrected chi connectivity index (χ0v) is 12.9. The van der Waals surface area contributed by atoms with Crippen LogP contribution in [-0.4, -0.2) is 43.7 Å². The van der Waals surface area contributed by atoms with Crippen LogP contribution < -0.4 is 5.32 Å². The molecule has 1 aromatic rings. The van der Waals surface area contributed by atoms with E-state index in [1.165, 1.54) is 39.5 Å². The number of aryl methyl sites for hydroxylation is 1. The van der Waals surface area contributed by atoms with Gasteiger partial charge in [-0.3, -0.25) is 0 Å². The van der Waals surface area contributed by atoms with E-state index in [4.69, 9.17) is 9.15 Å². The largest absolute Gasteiger partial charge is 0.465 e. The molecule has 1 aliphatic heterocycles. The van der Waals surface area contributed by atoms with E-state index >= 15 is 0 Å². The number of hydrogen-bond donors (Lipinski definition) is 1. The van der Waals surface area contributed by atoms with Gasteiger partial charge in [-0.2, -0.15) is 0 Å². The first kappa shape index (κ1) is 14.6. The number of methoxy groups -OCH3 is 1. The number of esters is 1. The number of nitrogens with one attached hydrogen (secondary N) is 1. The van der Waals surface area contributed by atoms with Gasteiger partial charge >= 0.3 is 5.97 Å². The highest BCUT2D eigenvalue weighted by Gasteiger charge is 2.34. The van der Waals surface area contributed by atoms with Gasteiger partial charge in [0.2, 0.25) is 0 Å². The molecule has 1 atom stereocenters. The Hall–Kier alpha value is -1.33. The number of carbonyl (C=O) groups excluding carboxylic acids is 1. The molecule has 21 heavy (non-hydrogen) atoms. The minimum Gasteiger partial charge on any atom is -0.465 e. The van der Waals surface area contributed by atoms with Crippen LogP contribution in [0.25, 0.3) is 0 Å². The van der Waals surface area contributed by atoms with Crippen LogP contribution in [0.3, 0.4) is 0 Å². The maximum absolute atomic E-state index is 11.5. The quantitative estimate of drug-likeness (QED) is 0.812. The molecule has 1 saturated heterocycles. The van der Waals surface area contributed by atoms with Crippen LogP contribution in [0.1, 0.15) is 41.1 Å². The van der Waals surface area contributed by atoms with Crippen molar-refractivity contribution in [3.05, 3.63) is 23.2 Å². The molecule has 3 rings (SSSR count). The first-order valence-electron chi connectivity index (χ1n) is 7.79. The van der Waals surface area contributed by atoms with E-state index in [-0.39, 0.29) is 5.97 Å². The van der Waals surface area contributed by atoms with Crippen LogP contribution in [0.2, 0.25) is 0 Å². The van der Waals surface area contributed by atoms with Gasteiger partial charge in [0.05, 0.1) is 13.7 Å². The molecule has 0 aromatic carbocycles. The van der Waals surface area contributed by atoms with Gasteiger partial charge in [0.25, 0.3) is 0 Å². The zero-order chi connectivity index (χ0) is 14.8. The molecular formula is C16H24N2O3. The van der Waals surface area contributed by atoms with Crippen molar-refractivity contribution in [1.29, 1.82) is 0 Å². The van der Waals surface area contributed by atoms with E-state index in [1.807, 2.05) is 0 Å². The lowest BCUT2D eigenvalue weighted by Gasteiger charge is -2.14. The molecular weight excluding hydrogens is 268 g/mol. The van der Waals surface area contributed by atoms with Gasteiger partial charge in [-0.25, -0.2) is 4.79 Å². The van der Waals surface area contributed by atoms with Crippen LogP contribution in [0.4, 0.5) is 0 Å². The van der Waals surface area contributed by atoms with Crippen molar-refractivity contribution in [2.45, 2.75) is 38.8 Å². The summed E-state index contributed by atoms with van der Waals surface area (Å²) in [5, 5.41) is 3.45. The van der Waals surface area contributed by atoms with Crippen LogP contribution in [0.15, 0.2) is 10.5 Å². The molecule has 1 N–H and O–H groups in total. The molecule has 2 aliphatic rings. The van der Waals surface area contributed by atoms with Crippen LogP contribution >= 0.6 is 0 Å². The summed E-state index contributed by atoms with van der Waals surface area (Å²) in [7, 11) is 1.39. The van der Waals surface area contributed by atoms with Gasteiger partial charge in [-0.1, -0.05) is 0 Å². The minimum absolute atomic E-state index is 0.335. The fraction of sp³-hybridized carbons (Fsp3) is 0.688. The summed E-state index contributed by atoms with van der Waals surface area (Å²) in [6, 6.07) is 2.66. The number of nitrogens with zero attached hydrogens (tertiary/aromatic N) is 1. The highest BCUT2D eigenvalue weighted by Crippen LogP contribution is 2.31. The molecule has 2 fully saturated rings. The lowest BCUT2D eigenvalue weighted by atomic mass is 10.1. The summed E-state index contributed by atoms with van der Waals surface area (Å²) < 4.78 is 10.3. The third-order valence-corrected chi connectivity index (χ3v) is 4.49. The average Bonchev–Trinajstić information content (AvgIpc) is 3.11. The zero-order valence-electron chi connectivity index (χ0n) is 12.9. The van der Waals surface area contributed by atoms with E-state index in [9.17, 15) is 4.79 Å². The predicted octanol–water partition coefficient (Wildman–Crippen LogP) is 1.95. The molecule has 0 spiro atoms. The van der Waals surface area contributed by atoms with E-state index in [1.54, 1.807) is 13.0 Å². The first-order valence-corrected chi connectivity index (χ1v) is 7.79. The smallest absolute Gasteiger partial charge is 0.341 e. The summed E-state index contributed by atoms with van der Waals surface area (Å²) in [4.78, 5) is 14.2. The molecule has 116 valence electrons. The second-order valence-corrected chi connectivity index (χ2v) is 6.19. The van der Waals surface area contributed by atoms with Gasteiger partial charge in [0.15, 0.2) is 0 Å². The average molecular weight is 292 g/mol. The van der Waals surface area contributed by atoms with Crippen LogP contribution in [0.5, 0.6) is 0 Å². The van der Waals surface area contributed by atoms with Crippen molar-refractivity contribution in [3.63, 3.8) is 0 Å². The van der Waals surface area contributed by atoms with E-state index in [0.717, 1.165) is 24.3 Å². The van der Waals surface area contributed by atoms with E-state index < -0.39 is 0 Å². The molecule has 0 bridgehead atoms. The fourth-order valence-corrected chi connectivity index (χ4v) is 3.14. The van der Waals surface area contributed by atoms with Crippen LogP contribution in [-0.2, 0) is 11.3 Å². The maximum Gasteiger partial charge on any atom is 0.341 e. The Morgan fingerprint density at radius 3 is 3.00 bits per heavy atom.